The lowest BCUT2D eigenvalue weighted by Crippen LogP contribution is -2.29. The molecule has 1 aliphatic rings. The Hall–Kier alpha value is -1.02. The third kappa shape index (κ3) is 1.50. The molecule has 0 amide bonds. The summed E-state index contributed by atoms with van der Waals surface area (Å²) >= 11 is 0. The minimum atomic E-state index is 0.246. The maximum atomic E-state index is 9.70. The van der Waals surface area contributed by atoms with Gasteiger partial charge in [-0.05, 0) is 29.5 Å². The lowest BCUT2D eigenvalue weighted by Gasteiger charge is -2.29. The van der Waals surface area contributed by atoms with Crippen LogP contribution in [-0.2, 0) is 17.6 Å². The van der Waals surface area contributed by atoms with Crippen molar-refractivity contribution in [2.45, 2.75) is 25.9 Å². The first kappa shape index (κ1) is 9.53. The molecular formula is C12H16O2. The van der Waals surface area contributed by atoms with Crippen molar-refractivity contribution in [2.75, 3.05) is 7.11 Å². The maximum Gasteiger partial charge on any atom is 0.119 e. The Kier molecular flexibility index (Phi) is 2.46. The molecule has 0 saturated heterocycles. The van der Waals surface area contributed by atoms with E-state index in [4.69, 9.17) is 4.74 Å². The lowest BCUT2D eigenvalue weighted by atomic mass is 9.82. The van der Waals surface area contributed by atoms with Crippen molar-refractivity contribution in [3.63, 3.8) is 0 Å². The van der Waals surface area contributed by atoms with Gasteiger partial charge >= 0.3 is 0 Å². The quantitative estimate of drug-likeness (QED) is 0.738. The summed E-state index contributed by atoms with van der Waals surface area (Å²) in [6.07, 6.45) is 2.08. The van der Waals surface area contributed by atoms with Crippen LogP contribution in [0.2, 0.25) is 0 Å². The summed E-state index contributed by atoms with van der Waals surface area (Å²) in [7, 11) is 1.74. The zero-order valence-corrected chi connectivity index (χ0v) is 8.66. The first-order chi connectivity index (χ1) is 6.72. The molecule has 1 unspecified atom stereocenters. The molecule has 0 aliphatic heterocycles. The van der Waals surface area contributed by atoms with Gasteiger partial charge in [0, 0.05) is 13.5 Å². The van der Waals surface area contributed by atoms with Crippen LogP contribution in [0.4, 0.5) is 0 Å². The largest absolute Gasteiger partial charge is 0.508 e. The lowest BCUT2D eigenvalue weighted by molar-refractivity contribution is 0.0526. The molecule has 0 radical (unpaired) electrons. The Labute approximate surface area is 84.5 Å². The van der Waals surface area contributed by atoms with Gasteiger partial charge < -0.3 is 9.84 Å². The molecule has 0 bridgehead atoms. The number of fused-ring (bicyclic) bond motifs is 1. The molecule has 1 N–H and O–H groups in total. The van der Waals surface area contributed by atoms with E-state index in [2.05, 4.69) is 13.0 Å². The third-order valence-electron chi connectivity index (χ3n) is 3.13. The first-order valence-corrected chi connectivity index (χ1v) is 5.05. The van der Waals surface area contributed by atoms with Gasteiger partial charge in [0.15, 0.2) is 0 Å². The van der Waals surface area contributed by atoms with Crippen LogP contribution in [0.5, 0.6) is 5.75 Å². The summed E-state index contributed by atoms with van der Waals surface area (Å²) in [6.45, 7) is 2.20. The minimum absolute atomic E-state index is 0.246. The Bertz CT molecular complexity index is 333. The van der Waals surface area contributed by atoms with Gasteiger partial charge in [-0.1, -0.05) is 19.1 Å². The second kappa shape index (κ2) is 3.62. The van der Waals surface area contributed by atoms with Gasteiger partial charge in [0.05, 0.1) is 6.10 Å². The Morgan fingerprint density at radius 1 is 1.36 bits per heavy atom. The zero-order valence-electron chi connectivity index (χ0n) is 8.66. The number of rotatable bonds is 1. The van der Waals surface area contributed by atoms with E-state index in [9.17, 15) is 5.11 Å². The van der Waals surface area contributed by atoms with Gasteiger partial charge in [-0.25, -0.2) is 0 Å². The molecular weight excluding hydrogens is 176 g/mol. The van der Waals surface area contributed by atoms with Crippen molar-refractivity contribution in [3.8, 4) is 5.75 Å². The van der Waals surface area contributed by atoms with Gasteiger partial charge in [-0.2, -0.15) is 0 Å². The summed E-state index contributed by atoms with van der Waals surface area (Å²) in [6, 6.07) is 5.76. The monoisotopic (exact) mass is 192 g/mol. The van der Waals surface area contributed by atoms with E-state index in [1.165, 1.54) is 5.56 Å². The van der Waals surface area contributed by atoms with Crippen LogP contribution in [0.3, 0.4) is 0 Å². The minimum Gasteiger partial charge on any atom is -0.508 e. The van der Waals surface area contributed by atoms with Crippen molar-refractivity contribution >= 4 is 0 Å². The fourth-order valence-electron chi connectivity index (χ4n) is 2.24. The van der Waals surface area contributed by atoms with Crippen LogP contribution in [0.15, 0.2) is 18.2 Å². The van der Waals surface area contributed by atoms with Crippen LogP contribution >= 0.6 is 0 Å². The first-order valence-electron chi connectivity index (χ1n) is 5.05. The highest BCUT2D eigenvalue weighted by atomic mass is 16.5. The standard InChI is InChI=1S/C12H16O2/c1-8-6-9-4-3-5-11(13)10(9)7-12(8)14-2/h3-5,8,12-13H,6-7H2,1-2H3/t8?,12-/m1/s1. The molecule has 14 heavy (non-hydrogen) atoms. The molecule has 76 valence electrons. The molecule has 0 fully saturated rings. The molecule has 1 aromatic carbocycles. The molecule has 0 heterocycles. The Morgan fingerprint density at radius 3 is 2.86 bits per heavy atom. The van der Waals surface area contributed by atoms with Crippen LogP contribution in [0.25, 0.3) is 0 Å². The van der Waals surface area contributed by atoms with E-state index in [1.807, 2.05) is 6.07 Å². The predicted octanol–water partition coefficient (Wildman–Crippen LogP) is 2.14. The summed E-state index contributed by atoms with van der Waals surface area (Å²) < 4.78 is 5.40. The van der Waals surface area contributed by atoms with Crippen molar-refractivity contribution in [1.29, 1.82) is 0 Å². The van der Waals surface area contributed by atoms with E-state index in [0.29, 0.717) is 11.7 Å². The average Bonchev–Trinajstić information content (AvgIpc) is 2.17. The normalized spacial score (nSPS) is 25.9. The molecule has 1 aliphatic carbocycles. The van der Waals surface area contributed by atoms with Crippen molar-refractivity contribution in [3.05, 3.63) is 29.3 Å². The smallest absolute Gasteiger partial charge is 0.119 e. The highest BCUT2D eigenvalue weighted by molar-refractivity contribution is 5.41. The molecule has 2 atom stereocenters. The summed E-state index contributed by atoms with van der Waals surface area (Å²) in [5, 5.41) is 9.70. The number of aromatic hydroxyl groups is 1. The molecule has 2 heteroatoms. The molecule has 0 aromatic heterocycles. The highest BCUT2D eigenvalue weighted by Crippen LogP contribution is 2.32. The summed E-state index contributed by atoms with van der Waals surface area (Å²) in [5.41, 5.74) is 2.34. The molecule has 0 saturated carbocycles. The van der Waals surface area contributed by atoms with Gasteiger partial charge in [-0.15, -0.1) is 0 Å². The van der Waals surface area contributed by atoms with Gasteiger partial charge in [-0.3, -0.25) is 0 Å². The summed E-state index contributed by atoms with van der Waals surface area (Å²) in [4.78, 5) is 0. The Balaban J connectivity index is 2.36. The average molecular weight is 192 g/mol. The number of hydrogen-bond donors (Lipinski definition) is 1. The van der Waals surface area contributed by atoms with Crippen molar-refractivity contribution in [2.24, 2.45) is 5.92 Å². The molecule has 2 rings (SSSR count). The maximum absolute atomic E-state index is 9.70. The molecule has 2 nitrogen and oxygen atoms in total. The van der Waals surface area contributed by atoms with Crippen molar-refractivity contribution < 1.29 is 9.84 Å². The van der Waals surface area contributed by atoms with E-state index in [-0.39, 0.29) is 6.10 Å². The van der Waals surface area contributed by atoms with E-state index >= 15 is 0 Å². The van der Waals surface area contributed by atoms with Gasteiger partial charge in [0.25, 0.3) is 0 Å². The predicted molar refractivity (Wildman–Crippen MR) is 55.5 cm³/mol. The number of methoxy groups -OCH3 is 1. The van der Waals surface area contributed by atoms with Crippen LogP contribution in [0.1, 0.15) is 18.1 Å². The van der Waals surface area contributed by atoms with Gasteiger partial charge in [0.1, 0.15) is 5.75 Å². The summed E-state index contributed by atoms with van der Waals surface area (Å²) in [5.74, 6) is 0.950. The second-order valence-corrected chi connectivity index (χ2v) is 4.07. The number of hydrogen-bond acceptors (Lipinski definition) is 2. The highest BCUT2D eigenvalue weighted by Gasteiger charge is 2.26. The second-order valence-electron chi connectivity index (χ2n) is 4.07. The van der Waals surface area contributed by atoms with Crippen LogP contribution in [0, 0.1) is 5.92 Å². The number of benzene rings is 1. The fourth-order valence-corrected chi connectivity index (χ4v) is 2.24. The fraction of sp³-hybridized carbons (Fsp3) is 0.500. The topological polar surface area (TPSA) is 29.5 Å². The zero-order chi connectivity index (χ0) is 10.1. The number of ether oxygens (including phenoxy) is 1. The van der Waals surface area contributed by atoms with Crippen LogP contribution in [-0.4, -0.2) is 18.3 Å². The van der Waals surface area contributed by atoms with E-state index < -0.39 is 0 Å². The molecule has 0 spiro atoms. The number of phenolic OH excluding ortho intramolecular Hbond substituents is 1. The SMILES string of the molecule is CO[C@@H]1Cc2c(O)cccc2CC1C. The van der Waals surface area contributed by atoms with Gasteiger partial charge in [0.2, 0.25) is 0 Å². The number of phenols is 1. The van der Waals surface area contributed by atoms with Crippen LogP contribution < -0.4 is 0 Å². The van der Waals surface area contributed by atoms with E-state index in [0.717, 1.165) is 18.4 Å². The van der Waals surface area contributed by atoms with Crippen molar-refractivity contribution in [1.82, 2.24) is 0 Å². The Morgan fingerprint density at radius 2 is 2.14 bits per heavy atom. The molecule has 1 aromatic rings. The third-order valence-corrected chi connectivity index (χ3v) is 3.13. The van der Waals surface area contributed by atoms with E-state index in [1.54, 1.807) is 13.2 Å².